The van der Waals surface area contributed by atoms with Gasteiger partial charge in [-0.2, -0.15) is 5.10 Å². The average molecular weight is 701 g/mol. The van der Waals surface area contributed by atoms with Crippen LogP contribution >= 0.6 is 11.6 Å². The molecule has 12 heteroatoms. The van der Waals surface area contributed by atoms with Crippen molar-refractivity contribution in [3.8, 4) is 11.4 Å². The van der Waals surface area contributed by atoms with E-state index in [2.05, 4.69) is 40.4 Å². The Morgan fingerprint density at radius 1 is 1.02 bits per heavy atom. The molecule has 10 nitrogen and oxygen atoms in total. The van der Waals surface area contributed by atoms with Crippen LogP contribution in [-0.4, -0.2) is 90.5 Å². The molecule has 0 aliphatic carbocycles. The van der Waals surface area contributed by atoms with Gasteiger partial charge in [0.1, 0.15) is 24.1 Å². The van der Waals surface area contributed by atoms with Gasteiger partial charge in [0.05, 0.1) is 22.9 Å². The molecule has 1 N–H and O–H groups in total. The van der Waals surface area contributed by atoms with Crippen molar-refractivity contribution >= 4 is 34.8 Å². The van der Waals surface area contributed by atoms with Crippen LogP contribution in [0.3, 0.4) is 0 Å². The molecular formula is C38H42ClFN6O4. The Bertz CT molecular complexity index is 1840. The molecule has 50 heavy (non-hydrogen) atoms. The minimum atomic E-state index is -0.910. The van der Waals surface area contributed by atoms with E-state index >= 15 is 0 Å². The number of fused-ring (bicyclic) bond motifs is 1. The number of hydrogen-bond donors (Lipinski definition) is 1. The van der Waals surface area contributed by atoms with E-state index in [1.165, 1.54) is 29.2 Å². The predicted octanol–water partition coefficient (Wildman–Crippen LogP) is 6.13. The molecule has 0 bridgehead atoms. The van der Waals surface area contributed by atoms with Crippen molar-refractivity contribution in [2.75, 3.05) is 57.2 Å². The smallest absolute Gasteiger partial charge is 0.258 e. The maximum absolute atomic E-state index is 14.8. The lowest BCUT2D eigenvalue weighted by Gasteiger charge is -2.41. The van der Waals surface area contributed by atoms with E-state index < -0.39 is 11.9 Å². The first-order valence-corrected chi connectivity index (χ1v) is 17.6. The zero-order valence-corrected chi connectivity index (χ0v) is 29.1. The van der Waals surface area contributed by atoms with Gasteiger partial charge in [-0.15, -0.1) is 0 Å². The van der Waals surface area contributed by atoms with Crippen molar-refractivity contribution < 1.29 is 23.5 Å². The van der Waals surface area contributed by atoms with Gasteiger partial charge in [-0.1, -0.05) is 29.8 Å². The second-order valence-electron chi connectivity index (χ2n) is 13.4. The van der Waals surface area contributed by atoms with Crippen LogP contribution < -0.4 is 15.0 Å². The normalized spacial score (nSPS) is 19.5. The van der Waals surface area contributed by atoms with Crippen molar-refractivity contribution in [2.24, 2.45) is 0 Å². The zero-order valence-electron chi connectivity index (χ0n) is 28.4. The van der Waals surface area contributed by atoms with Gasteiger partial charge in [0.15, 0.2) is 5.82 Å². The van der Waals surface area contributed by atoms with Crippen LogP contribution in [0.4, 0.5) is 15.8 Å². The summed E-state index contributed by atoms with van der Waals surface area (Å²) in [6.07, 6.45) is 7.69. The third-order valence-corrected chi connectivity index (χ3v) is 10.3. The SMILES string of the molecule is CN(C)C1CCN(c2cccc3c2CCN(C(=O)c2cnn(-c4cccc(Cl)c4F)c2)C3C(=O)Nc2ccc(OCC3CCCO3)cc2)CC1. The molecule has 1 aromatic heterocycles. The Balaban J connectivity index is 1.16. The molecule has 2 amide bonds. The molecule has 3 aromatic carbocycles. The Kier molecular flexibility index (Phi) is 10.1. The van der Waals surface area contributed by atoms with E-state index in [1.54, 1.807) is 23.1 Å². The number of benzene rings is 3. The molecule has 4 heterocycles. The number of hydrogen-bond acceptors (Lipinski definition) is 7. The van der Waals surface area contributed by atoms with E-state index in [-0.39, 0.29) is 34.2 Å². The van der Waals surface area contributed by atoms with Crippen molar-refractivity contribution in [2.45, 2.75) is 50.3 Å². The lowest BCUT2D eigenvalue weighted by molar-refractivity contribution is -0.121. The van der Waals surface area contributed by atoms with Gasteiger partial charge in [0, 0.05) is 49.9 Å². The minimum Gasteiger partial charge on any atom is -0.491 e. The van der Waals surface area contributed by atoms with Gasteiger partial charge in [-0.3, -0.25) is 9.59 Å². The van der Waals surface area contributed by atoms with Crippen LogP contribution in [0.5, 0.6) is 5.75 Å². The highest BCUT2D eigenvalue weighted by molar-refractivity contribution is 6.30. The molecule has 4 aromatic rings. The fraction of sp³-hybridized carbons (Fsp3) is 0.395. The fourth-order valence-electron chi connectivity index (χ4n) is 7.28. The Morgan fingerprint density at radius 3 is 2.52 bits per heavy atom. The quantitative estimate of drug-likeness (QED) is 0.225. The number of carbonyl (C=O) groups is 2. The summed E-state index contributed by atoms with van der Waals surface area (Å²) in [6.45, 7) is 3.40. The van der Waals surface area contributed by atoms with Crippen LogP contribution in [0.1, 0.15) is 53.2 Å². The molecule has 262 valence electrons. The van der Waals surface area contributed by atoms with E-state index in [0.717, 1.165) is 62.2 Å². The molecule has 3 aliphatic heterocycles. The zero-order chi connectivity index (χ0) is 34.8. The number of rotatable bonds is 9. The first-order valence-electron chi connectivity index (χ1n) is 17.3. The number of nitrogens with zero attached hydrogens (tertiary/aromatic N) is 5. The number of halogens is 2. The predicted molar refractivity (Wildman–Crippen MR) is 191 cm³/mol. The summed E-state index contributed by atoms with van der Waals surface area (Å²) in [5.41, 5.74) is 3.93. The minimum absolute atomic E-state index is 0.0422. The maximum atomic E-state index is 14.8. The van der Waals surface area contributed by atoms with Crippen LogP contribution in [0.15, 0.2) is 73.1 Å². The number of amides is 2. The van der Waals surface area contributed by atoms with Crippen LogP contribution in [-0.2, 0) is 16.0 Å². The van der Waals surface area contributed by atoms with Gasteiger partial charge < -0.3 is 29.5 Å². The fourth-order valence-corrected chi connectivity index (χ4v) is 7.45. The second kappa shape index (κ2) is 14.8. The molecule has 2 saturated heterocycles. The summed E-state index contributed by atoms with van der Waals surface area (Å²) in [6, 6.07) is 17.5. The maximum Gasteiger partial charge on any atom is 0.258 e. The molecule has 0 saturated carbocycles. The van der Waals surface area contributed by atoms with Crippen molar-refractivity contribution in [1.29, 1.82) is 0 Å². The molecule has 2 atom stereocenters. The van der Waals surface area contributed by atoms with E-state index in [9.17, 15) is 14.0 Å². The summed E-state index contributed by atoms with van der Waals surface area (Å²) in [7, 11) is 4.25. The Hall–Kier alpha value is -4.45. The third-order valence-electron chi connectivity index (χ3n) is 10.0. The molecule has 3 aliphatic rings. The molecule has 7 rings (SSSR count). The molecular weight excluding hydrogens is 659 g/mol. The van der Waals surface area contributed by atoms with Crippen molar-refractivity contribution in [1.82, 2.24) is 19.6 Å². The molecule has 0 spiro atoms. The van der Waals surface area contributed by atoms with Crippen LogP contribution in [0.2, 0.25) is 5.02 Å². The van der Waals surface area contributed by atoms with Gasteiger partial charge in [0.25, 0.3) is 11.8 Å². The monoisotopic (exact) mass is 700 g/mol. The number of anilines is 2. The second-order valence-corrected chi connectivity index (χ2v) is 13.8. The van der Waals surface area contributed by atoms with Crippen LogP contribution in [0.25, 0.3) is 5.69 Å². The molecule has 0 radical (unpaired) electrons. The number of aromatic nitrogens is 2. The summed E-state index contributed by atoms with van der Waals surface area (Å²) < 4.78 is 27.7. The lowest BCUT2D eigenvalue weighted by Crippen LogP contribution is -2.46. The molecule has 2 unspecified atom stereocenters. The van der Waals surface area contributed by atoms with E-state index in [0.29, 0.717) is 37.1 Å². The number of piperidine rings is 1. The summed E-state index contributed by atoms with van der Waals surface area (Å²) in [5.74, 6) is -0.649. The first-order chi connectivity index (χ1) is 24.3. The number of ether oxygens (including phenoxy) is 2. The summed E-state index contributed by atoms with van der Waals surface area (Å²) in [4.78, 5) is 34.8. The number of nitrogens with one attached hydrogen (secondary N) is 1. The van der Waals surface area contributed by atoms with E-state index in [1.807, 2.05) is 24.3 Å². The van der Waals surface area contributed by atoms with Crippen molar-refractivity contribution in [3.63, 3.8) is 0 Å². The topological polar surface area (TPSA) is 92.2 Å². The van der Waals surface area contributed by atoms with E-state index in [4.69, 9.17) is 21.1 Å². The first kappa shape index (κ1) is 34.0. The summed E-state index contributed by atoms with van der Waals surface area (Å²) >= 11 is 6.01. The average Bonchev–Trinajstić information content (AvgIpc) is 3.85. The highest BCUT2D eigenvalue weighted by Crippen LogP contribution is 2.38. The van der Waals surface area contributed by atoms with Crippen LogP contribution in [0, 0.1) is 5.82 Å². The van der Waals surface area contributed by atoms with Gasteiger partial charge in [-0.25, -0.2) is 9.07 Å². The Labute approximate surface area is 296 Å². The van der Waals surface area contributed by atoms with Gasteiger partial charge in [0.2, 0.25) is 0 Å². The van der Waals surface area contributed by atoms with Gasteiger partial charge in [-0.05, 0) is 99.8 Å². The van der Waals surface area contributed by atoms with Crippen molar-refractivity contribution in [3.05, 3.63) is 101 Å². The standard InChI is InChI=1S/C38H42ClFN6O4/c1-43(2)27-15-18-44(19-16-27)33-9-3-7-31-30(33)17-20-45(38(48)25-22-41-46(23-25)34-10-4-8-32(39)35(34)40)36(31)37(47)42-26-11-13-28(14-12-26)50-24-29-6-5-21-49-29/h3-4,7-14,22-23,27,29,36H,5-6,15-21,24H2,1-2H3,(H,42,47). The summed E-state index contributed by atoms with van der Waals surface area (Å²) in [5, 5.41) is 7.28. The third kappa shape index (κ3) is 7.08. The number of carbonyl (C=O) groups excluding carboxylic acids is 2. The Morgan fingerprint density at radius 2 is 1.78 bits per heavy atom. The highest BCUT2D eigenvalue weighted by Gasteiger charge is 2.38. The highest BCUT2D eigenvalue weighted by atomic mass is 35.5. The lowest BCUT2D eigenvalue weighted by atomic mass is 9.89. The molecule has 2 fully saturated rings. The largest absolute Gasteiger partial charge is 0.491 e. The van der Waals surface area contributed by atoms with Gasteiger partial charge >= 0.3 is 0 Å².